The van der Waals surface area contributed by atoms with Crippen LogP contribution in [0.4, 0.5) is 10.7 Å². The third kappa shape index (κ3) is 5.82. The van der Waals surface area contributed by atoms with Gasteiger partial charge in [0.05, 0.1) is 13.2 Å². The van der Waals surface area contributed by atoms with Crippen LogP contribution < -0.4 is 10.6 Å². The van der Waals surface area contributed by atoms with Crippen LogP contribution in [0.5, 0.6) is 0 Å². The zero-order valence-electron chi connectivity index (χ0n) is 14.7. The van der Waals surface area contributed by atoms with Gasteiger partial charge in [0.2, 0.25) is 5.95 Å². The van der Waals surface area contributed by atoms with E-state index in [0.717, 1.165) is 58.8 Å². The van der Waals surface area contributed by atoms with Crippen LogP contribution in [0.1, 0.15) is 12.8 Å². The summed E-state index contributed by atoms with van der Waals surface area (Å²) < 4.78 is 5.40. The van der Waals surface area contributed by atoms with E-state index in [1.165, 1.54) is 0 Å². The molecule has 0 spiro atoms. The molecule has 0 unspecified atom stereocenters. The van der Waals surface area contributed by atoms with Crippen molar-refractivity contribution in [3.63, 3.8) is 0 Å². The molecular weight excluding hydrogens is 320 g/mol. The molecular formula is C17H28N6O2. The highest BCUT2D eigenvalue weighted by Crippen LogP contribution is 2.19. The number of nitrogens with one attached hydrogen (secondary N) is 2. The number of ether oxygens (including phenoxy) is 1. The second kappa shape index (κ2) is 9.53. The lowest BCUT2D eigenvalue weighted by Gasteiger charge is -2.36. The number of likely N-dealkylation sites (tertiary alicyclic amines) is 1. The van der Waals surface area contributed by atoms with Crippen molar-refractivity contribution in [2.24, 2.45) is 5.92 Å². The van der Waals surface area contributed by atoms with Gasteiger partial charge < -0.3 is 20.3 Å². The maximum absolute atomic E-state index is 12.2. The van der Waals surface area contributed by atoms with Gasteiger partial charge >= 0.3 is 6.03 Å². The fourth-order valence-corrected chi connectivity index (χ4v) is 3.31. The van der Waals surface area contributed by atoms with Gasteiger partial charge in [-0.1, -0.05) is 0 Å². The van der Waals surface area contributed by atoms with Gasteiger partial charge in [-0.15, -0.1) is 0 Å². The van der Waals surface area contributed by atoms with Crippen molar-refractivity contribution < 1.29 is 9.53 Å². The summed E-state index contributed by atoms with van der Waals surface area (Å²) in [5.41, 5.74) is 0. The molecule has 2 amide bonds. The number of hydrogen-bond donors (Lipinski definition) is 2. The van der Waals surface area contributed by atoms with Crippen LogP contribution in [0.25, 0.3) is 0 Å². The quantitative estimate of drug-likeness (QED) is 0.734. The van der Waals surface area contributed by atoms with E-state index in [1.54, 1.807) is 18.5 Å². The van der Waals surface area contributed by atoms with Gasteiger partial charge in [0.15, 0.2) is 0 Å². The molecule has 0 saturated carbocycles. The molecule has 2 saturated heterocycles. The highest BCUT2D eigenvalue weighted by molar-refractivity contribution is 5.74. The summed E-state index contributed by atoms with van der Waals surface area (Å²) in [6.45, 7) is 7.78. The molecule has 0 bridgehead atoms. The maximum atomic E-state index is 12.2. The van der Waals surface area contributed by atoms with Crippen molar-refractivity contribution in [1.29, 1.82) is 0 Å². The Labute approximate surface area is 148 Å². The molecule has 8 nitrogen and oxygen atoms in total. The van der Waals surface area contributed by atoms with E-state index >= 15 is 0 Å². The Hall–Kier alpha value is -1.93. The first-order chi connectivity index (χ1) is 12.3. The molecule has 2 N–H and O–H groups in total. The number of carbonyl (C=O) groups is 1. The molecule has 2 fully saturated rings. The number of anilines is 1. The van der Waals surface area contributed by atoms with E-state index in [1.807, 2.05) is 4.90 Å². The summed E-state index contributed by atoms with van der Waals surface area (Å²) in [6, 6.07) is 1.80. The zero-order valence-corrected chi connectivity index (χ0v) is 14.7. The average molecular weight is 348 g/mol. The average Bonchev–Trinajstić information content (AvgIpc) is 2.67. The first kappa shape index (κ1) is 17.9. The minimum absolute atomic E-state index is 0.0283. The number of aromatic nitrogens is 2. The topological polar surface area (TPSA) is 82.6 Å². The van der Waals surface area contributed by atoms with E-state index in [4.69, 9.17) is 4.74 Å². The molecule has 0 aromatic carbocycles. The molecule has 1 aromatic rings. The first-order valence-corrected chi connectivity index (χ1v) is 9.15. The molecule has 3 heterocycles. The van der Waals surface area contributed by atoms with E-state index in [-0.39, 0.29) is 6.03 Å². The molecule has 25 heavy (non-hydrogen) atoms. The van der Waals surface area contributed by atoms with Crippen LogP contribution in [0.2, 0.25) is 0 Å². The SMILES string of the molecule is O=C(NCCNc1ncccn1)N1CCC(CN2CCOCC2)CC1. The predicted octanol–water partition coefficient (Wildman–Crippen LogP) is 0.642. The number of urea groups is 1. The Kier molecular flexibility index (Phi) is 6.81. The summed E-state index contributed by atoms with van der Waals surface area (Å²) in [4.78, 5) is 24.8. The molecule has 138 valence electrons. The smallest absolute Gasteiger partial charge is 0.317 e. The van der Waals surface area contributed by atoms with Gasteiger partial charge in [-0.2, -0.15) is 0 Å². The largest absolute Gasteiger partial charge is 0.379 e. The Morgan fingerprint density at radius 2 is 1.84 bits per heavy atom. The number of hydrogen-bond acceptors (Lipinski definition) is 6. The van der Waals surface area contributed by atoms with Crippen molar-refractivity contribution in [3.8, 4) is 0 Å². The minimum Gasteiger partial charge on any atom is -0.379 e. The van der Waals surface area contributed by atoms with Gasteiger partial charge in [0.1, 0.15) is 0 Å². The van der Waals surface area contributed by atoms with E-state index in [9.17, 15) is 4.79 Å². The predicted molar refractivity (Wildman–Crippen MR) is 95.5 cm³/mol. The summed E-state index contributed by atoms with van der Waals surface area (Å²) in [7, 11) is 0. The van der Waals surface area contributed by atoms with Crippen LogP contribution >= 0.6 is 0 Å². The molecule has 3 rings (SSSR count). The monoisotopic (exact) mass is 348 g/mol. The Balaban J connectivity index is 1.28. The fraction of sp³-hybridized carbons (Fsp3) is 0.706. The lowest BCUT2D eigenvalue weighted by Crippen LogP contribution is -2.47. The van der Waals surface area contributed by atoms with E-state index in [0.29, 0.717) is 25.0 Å². The van der Waals surface area contributed by atoms with Crippen LogP contribution in [0.3, 0.4) is 0 Å². The molecule has 0 radical (unpaired) electrons. The highest BCUT2D eigenvalue weighted by Gasteiger charge is 2.24. The van der Waals surface area contributed by atoms with Crippen molar-refractivity contribution in [2.75, 3.05) is 64.3 Å². The van der Waals surface area contributed by atoms with Crippen molar-refractivity contribution in [3.05, 3.63) is 18.5 Å². The lowest BCUT2D eigenvalue weighted by atomic mass is 9.96. The van der Waals surface area contributed by atoms with Gasteiger partial charge in [-0.05, 0) is 24.8 Å². The van der Waals surface area contributed by atoms with Crippen molar-refractivity contribution in [2.45, 2.75) is 12.8 Å². The zero-order chi connectivity index (χ0) is 17.3. The molecule has 0 aliphatic carbocycles. The fourth-order valence-electron chi connectivity index (χ4n) is 3.31. The van der Waals surface area contributed by atoms with E-state index in [2.05, 4.69) is 25.5 Å². The van der Waals surface area contributed by atoms with Crippen LogP contribution in [-0.4, -0.2) is 84.8 Å². The molecule has 2 aliphatic rings. The minimum atomic E-state index is 0.0283. The summed E-state index contributed by atoms with van der Waals surface area (Å²) >= 11 is 0. The standard InChI is InChI=1S/C17H28N6O2/c24-17(21-7-6-20-16-18-4-1-5-19-16)23-8-2-15(3-9-23)14-22-10-12-25-13-11-22/h1,4-5,15H,2-3,6-14H2,(H,21,24)(H,18,19,20). The summed E-state index contributed by atoms with van der Waals surface area (Å²) in [6.07, 6.45) is 5.55. The summed E-state index contributed by atoms with van der Waals surface area (Å²) in [5, 5.41) is 6.05. The highest BCUT2D eigenvalue weighted by atomic mass is 16.5. The third-order valence-corrected chi connectivity index (χ3v) is 4.77. The molecule has 1 aromatic heterocycles. The summed E-state index contributed by atoms with van der Waals surface area (Å²) in [5.74, 6) is 1.28. The molecule has 8 heteroatoms. The van der Waals surface area contributed by atoms with Gasteiger partial charge in [0.25, 0.3) is 0 Å². The number of rotatable bonds is 6. The van der Waals surface area contributed by atoms with Crippen LogP contribution in [0.15, 0.2) is 18.5 Å². The van der Waals surface area contributed by atoms with Crippen molar-refractivity contribution >= 4 is 12.0 Å². The molecule has 2 aliphatic heterocycles. The van der Waals surface area contributed by atoms with Gasteiger partial charge in [-0.25, -0.2) is 14.8 Å². The Morgan fingerprint density at radius 3 is 2.56 bits per heavy atom. The number of amides is 2. The van der Waals surface area contributed by atoms with Gasteiger partial charge in [0, 0.05) is 58.2 Å². The third-order valence-electron chi connectivity index (χ3n) is 4.77. The second-order valence-electron chi connectivity index (χ2n) is 6.57. The molecule has 0 atom stereocenters. The van der Waals surface area contributed by atoms with Gasteiger partial charge in [-0.3, -0.25) is 4.90 Å². The van der Waals surface area contributed by atoms with Crippen molar-refractivity contribution in [1.82, 2.24) is 25.1 Å². The number of carbonyl (C=O) groups excluding carboxylic acids is 1. The normalized spacial score (nSPS) is 19.6. The Bertz CT molecular complexity index is 515. The Morgan fingerprint density at radius 1 is 1.12 bits per heavy atom. The number of morpholine rings is 1. The number of nitrogens with zero attached hydrogens (tertiary/aromatic N) is 4. The van der Waals surface area contributed by atoms with E-state index < -0.39 is 0 Å². The van der Waals surface area contributed by atoms with Crippen LogP contribution in [0, 0.1) is 5.92 Å². The number of piperidine rings is 1. The van der Waals surface area contributed by atoms with Crippen LogP contribution in [-0.2, 0) is 4.74 Å². The second-order valence-corrected chi connectivity index (χ2v) is 6.57. The first-order valence-electron chi connectivity index (χ1n) is 9.15. The maximum Gasteiger partial charge on any atom is 0.317 e. The lowest BCUT2D eigenvalue weighted by molar-refractivity contribution is 0.0258.